The summed E-state index contributed by atoms with van der Waals surface area (Å²) in [4.78, 5) is 17.1. The number of hydrogen-bond donors (Lipinski definition) is 5. The second kappa shape index (κ2) is 11.8. The van der Waals surface area contributed by atoms with Crippen molar-refractivity contribution in [3.8, 4) is 0 Å². The highest BCUT2D eigenvalue weighted by Gasteiger charge is 2.47. The van der Waals surface area contributed by atoms with E-state index in [4.69, 9.17) is 4.74 Å². The number of aromatic nitrogens is 1. The van der Waals surface area contributed by atoms with Crippen LogP contribution in [-0.2, 0) is 16.0 Å². The van der Waals surface area contributed by atoms with Gasteiger partial charge in [-0.15, -0.1) is 11.8 Å². The van der Waals surface area contributed by atoms with Gasteiger partial charge >= 0.3 is 0 Å². The summed E-state index contributed by atoms with van der Waals surface area (Å²) in [5.41, 5.74) is 0.618. The average Bonchev–Trinajstić information content (AvgIpc) is 3.26. The second-order valence-corrected chi connectivity index (χ2v) is 10.2. The zero-order valence-electron chi connectivity index (χ0n) is 19.1. The van der Waals surface area contributed by atoms with Crippen molar-refractivity contribution in [1.29, 1.82) is 0 Å². The number of pyridine rings is 1. The van der Waals surface area contributed by atoms with E-state index in [2.05, 4.69) is 15.6 Å². The second-order valence-electron chi connectivity index (χ2n) is 9.27. The van der Waals surface area contributed by atoms with Crippen molar-refractivity contribution in [2.75, 3.05) is 12.8 Å². The van der Waals surface area contributed by atoms with Crippen LogP contribution in [0.25, 0.3) is 0 Å². The molecular formula is C23H37N3O5S. The lowest BCUT2D eigenvalue weighted by molar-refractivity contribution is -0.208. The highest BCUT2D eigenvalue weighted by Crippen LogP contribution is 2.30. The minimum atomic E-state index is -1.32. The van der Waals surface area contributed by atoms with Crippen LogP contribution < -0.4 is 10.6 Å². The molecule has 3 heterocycles. The molecule has 0 aromatic carbocycles. The number of aryl methyl sites for hydroxylation is 1. The molecule has 8 nitrogen and oxygen atoms in total. The van der Waals surface area contributed by atoms with Crippen LogP contribution in [0.4, 0.5) is 0 Å². The first-order valence-electron chi connectivity index (χ1n) is 11.5. The van der Waals surface area contributed by atoms with Crippen molar-refractivity contribution in [3.63, 3.8) is 0 Å². The van der Waals surface area contributed by atoms with Crippen LogP contribution in [0.3, 0.4) is 0 Å². The molecule has 0 saturated carbocycles. The van der Waals surface area contributed by atoms with Crippen molar-refractivity contribution >= 4 is 17.7 Å². The summed E-state index contributed by atoms with van der Waals surface area (Å²) >= 11 is 1.27. The van der Waals surface area contributed by atoms with Gasteiger partial charge in [-0.3, -0.25) is 9.78 Å². The molecule has 0 spiro atoms. The molecule has 2 fully saturated rings. The fraction of sp³-hybridized carbons (Fsp3) is 0.739. The summed E-state index contributed by atoms with van der Waals surface area (Å²) in [6.45, 7) is 4.69. The molecule has 32 heavy (non-hydrogen) atoms. The van der Waals surface area contributed by atoms with E-state index in [0.29, 0.717) is 5.92 Å². The predicted molar refractivity (Wildman–Crippen MR) is 124 cm³/mol. The number of aliphatic hydroxyl groups is 3. The number of amides is 1. The molecule has 0 aliphatic carbocycles. The Balaban J connectivity index is 1.52. The van der Waals surface area contributed by atoms with Crippen LogP contribution in [0.15, 0.2) is 24.5 Å². The lowest BCUT2D eigenvalue weighted by atomic mass is 9.88. The first kappa shape index (κ1) is 25.4. The summed E-state index contributed by atoms with van der Waals surface area (Å²) < 4.78 is 5.90. The Morgan fingerprint density at radius 2 is 1.97 bits per heavy atom. The SMILES string of the molecule is CS[C@H]1OC([C@H](NC(=O)C2C[C@@H](CCCc3ccncc3)CN2)C(C)C)[C@H](O)[C@H](O)[C@H]1O. The van der Waals surface area contributed by atoms with Gasteiger partial charge in [0.2, 0.25) is 5.91 Å². The van der Waals surface area contributed by atoms with E-state index >= 15 is 0 Å². The Hall–Kier alpha value is -1.23. The topological polar surface area (TPSA) is 124 Å². The van der Waals surface area contributed by atoms with Crippen molar-refractivity contribution in [3.05, 3.63) is 30.1 Å². The number of nitrogens with zero attached hydrogens (tertiary/aromatic N) is 1. The van der Waals surface area contributed by atoms with Gasteiger partial charge in [0.25, 0.3) is 0 Å². The largest absolute Gasteiger partial charge is 0.388 e. The third-order valence-electron chi connectivity index (χ3n) is 6.59. The van der Waals surface area contributed by atoms with E-state index in [9.17, 15) is 20.1 Å². The van der Waals surface area contributed by atoms with Crippen molar-refractivity contribution in [2.45, 2.75) is 81.5 Å². The Kier molecular flexibility index (Phi) is 9.33. The van der Waals surface area contributed by atoms with Gasteiger partial charge in [-0.05, 0) is 68.0 Å². The number of hydrogen-bond acceptors (Lipinski definition) is 8. The summed E-state index contributed by atoms with van der Waals surface area (Å²) in [6.07, 6.45) is 4.72. The number of rotatable bonds is 9. The quantitative estimate of drug-likeness (QED) is 0.359. The first-order chi connectivity index (χ1) is 15.3. The standard InChI is InChI=1S/C23H37N3O5S/c1-13(2)17(21-19(28)18(27)20(29)23(31-21)32-3)26-22(30)16-11-15(12-25-16)6-4-5-14-7-9-24-10-8-14/h7-10,13,15-21,23,25,27-29H,4-6,11-12H2,1-3H3,(H,26,30)/t15-,16?,17-,18+,19-,20-,21?,23-/m1/s1. The Labute approximate surface area is 194 Å². The molecular weight excluding hydrogens is 430 g/mol. The number of carbonyl (C=O) groups excluding carboxylic acids is 1. The highest BCUT2D eigenvalue weighted by molar-refractivity contribution is 7.99. The highest BCUT2D eigenvalue weighted by atomic mass is 32.2. The molecule has 2 saturated heterocycles. The zero-order valence-corrected chi connectivity index (χ0v) is 19.9. The molecule has 180 valence electrons. The van der Waals surface area contributed by atoms with Gasteiger partial charge < -0.3 is 30.7 Å². The van der Waals surface area contributed by atoms with E-state index < -0.39 is 35.9 Å². The minimum absolute atomic E-state index is 0.0267. The van der Waals surface area contributed by atoms with Crippen molar-refractivity contribution in [2.24, 2.45) is 11.8 Å². The van der Waals surface area contributed by atoms with E-state index in [1.165, 1.54) is 17.3 Å². The minimum Gasteiger partial charge on any atom is -0.388 e. The molecule has 2 aliphatic heterocycles. The van der Waals surface area contributed by atoms with E-state index in [1.807, 2.05) is 38.4 Å². The molecule has 1 aromatic heterocycles. The lowest BCUT2D eigenvalue weighted by Crippen LogP contribution is -2.64. The molecule has 3 rings (SSSR count). The van der Waals surface area contributed by atoms with E-state index in [0.717, 1.165) is 32.2 Å². The number of nitrogens with one attached hydrogen (secondary N) is 2. The molecule has 1 amide bonds. The van der Waals surface area contributed by atoms with Gasteiger partial charge in [-0.2, -0.15) is 0 Å². The predicted octanol–water partition coefficient (Wildman–Crippen LogP) is 0.694. The van der Waals surface area contributed by atoms with Gasteiger partial charge in [0.1, 0.15) is 29.9 Å². The summed E-state index contributed by atoms with van der Waals surface area (Å²) in [7, 11) is 0. The van der Waals surface area contributed by atoms with Crippen molar-refractivity contribution < 1.29 is 24.9 Å². The third kappa shape index (κ3) is 6.21. The van der Waals surface area contributed by atoms with Crippen molar-refractivity contribution in [1.82, 2.24) is 15.6 Å². The maximum Gasteiger partial charge on any atom is 0.237 e. The summed E-state index contributed by atoms with van der Waals surface area (Å²) in [5, 5.41) is 37.3. The van der Waals surface area contributed by atoms with Crippen LogP contribution >= 0.6 is 11.8 Å². The van der Waals surface area contributed by atoms with Gasteiger partial charge in [-0.1, -0.05) is 13.8 Å². The normalized spacial score (nSPS) is 33.9. The zero-order chi connectivity index (χ0) is 23.3. The monoisotopic (exact) mass is 467 g/mol. The smallest absolute Gasteiger partial charge is 0.237 e. The molecule has 0 radical (unpaired) electrons. The summed E-state index contributed by atoms with van der Waals surface area (Å²) in [5.74, 6) is 0.304. The van der Waals surface area contributed by atoms with Crippen LogP contribution in [-0.4, -0.2) is 80.9 Å². The van der Waals surface area contributed by atoms with Gasteiger partial charge in [0, 0.05) is 12.4 Å². The fourth-order valence-electron chi connectivity index (χ4n) is 4.63. The molecule has 2 unspecified atom stereocenters. The molecule has 0 bridgehead atoms. The number of carbonyl (C=O) groups is 1. The van der Waals surface area contributed by atoms with Crippen LogP contribution in [0.1, 0.15) is 38.7 Å². The molecule has 2 aliphatic rings. The maximum absolute atomic E-state index is 13.0. The molecule has 9 heteroatoms. The fourth-order valence-corrected chi connectivity index (χ4v) is 5.31. The first-order valence-corrected chi connectivity index (χ1v) is 12.8. The Bertz CT molecular complexity index is 723. The lowest BCUT2D eigenvalue weighted by Gasteiger charge is -2.44. The molecule has 5 N–H and O–H groups in total. The van der Waals surface area contributed by atoms with Crippen LogP contribution in [0.2, 0.25) is 0 Å². The van der Waals surface area contributed by atoms with E-state index in [-0.39, 0.29) is 17.9 Å². The molecule has 8 atom stereocenters. The summed E-state index contributed by atoms with van der Waals surface area (Å²) in [6, 6.07) is 3.31. The Morgan fingerprint density at radius 3 is 2.62 bits per heavy atom. The van der Waals surface area contributed by atoms with Crippen LogP contribution in [0.5, 0.6) is 0 Å². The third-order valence-corrected chi connectivity index (χ3v) is 7.44. The Morgan fingerprint density at radius 1 is 1.25 bits per heavy atom. The van der Waals surface area contributed by atoms with E-state index in [1.54, 1.807) is 6.26 Å². The van der Waals surface area contributed by atoms with Gasteiger partial charge in [0.15, 0.2) is 0 Å². The number of ether oxygens (including phenoxy) is 1. The average molecular weight is 468 g/mol. The van der Waals surface area contributed by atoms with Crippen LogP contribution in [0, 0.1) is 11.8 Å². The molecule has 1 aromatic rings. The number of aliphatic hydroxyl groups excluding tert-OH is 3. The van der Waals surface area contributed by atoms with Gasteiger partial charge in [-0.25, -0.2) is 0 Å². The van der Waals surface area contributed by atoms with Gasteiger partial charge in [0.05, 0.1) is 12.1 Å². The number of thioether (sulfide) groups is 1. The maximum atomic E-state index is 13.0.